The fourth-order valence-corrected chi connectivity index (χ4v) is 2.12. The molecular weight excluding hydrogens is 421 g/mol. The molecule has 0 aromatic heterocycles. The average Bonchev–Trinajstić information content (AvgIpc) is 2.49. The summed E-state index contributed by atoms with van der Waals surface area (Å²) in [4.78, 5) is 0. The van der Waals surface area contributed by atoms with Gasteiger partial charge >= 0.3 is 0 Å². The van der Waals surface area contributed by atoms with Gasteiger partial charge in [0.1, 0.15) is 5.82 Å². The molecule has 2 heteroatoms. The Kier molecular flexibility index (Phi) is 4.85. The van der Waals surface area contributed by atoms with E-state index >= 15 is 0 Å². The minimum absolute atomic E-state index is 0. The molecule has 0 saturated carbocycles. The fraction of sp³-hybridized carbons (Fsp3) is 0. The fourth-order valence-electron chi connectivity index (χ4n) is 2.12. The second-order valence-electron chi connectivity index (χ2n) is 4.35. The van der Waals surface area contributed by atoms with Gasteiger partial charge in [0, 0.05) is 26.0 Å². The Bertz CT molecular complexity index is 675. The first-order chi connectivity index (χ1) is 9.34. The molecule has 99 valence electrons. The molecule has 0 heterocycles. The zero-order chi connectivity index (χ0) is 13.1. The number of halogens is 1. The molecule has 0 bridgehead atoms. The summed E-state index contributed by atoms with van der Waals surface area (Å²) < 4.78 is 13.7. The Balaban J connectivity index is 0.00000147. The van der Waals surface area contributed by atoms with Crippen LogP contribution in [0.1, 0.15) is 0 Å². The van der Waals surface area contributed by atoms with E-state index in [4.69, 9.17) is 0 Å². The molecule has 0 N–H and O–H groups in total. The summed E-state index contributed by atoms with van der Waals surface area (Å²) in [6.45, 7) is 0. The first-order valence-electron chi connectivity index (χ1n) is 6.16. The van der Waals surface area contributed by atoms with Crippen LogP contribution in [0.25, 0.3) is 22.3 Å². The van der Waals surface area contributed by atoms with Gasteiger partial charge in [0.15, 0.2) is 0 Å². The zero-order valence-corrected chi connectivity index (χ0v) is 13.4. The SMILES string of the molecule is Fc1ccccc1-c1ccc(-c2cc[c-]cc2)cc1.[Re]. The molecule has 3 rings (SSSR count). The Hall–Kier alpha value is -1.75. The van der Waals surface area contributed by atoms with E-state index in [9.17, 15) is 4.39 Å². The summed E-state index contributed by atoms with van der Waals surface area (Å²) in [5.41, 5.74) is 3.78. The van der Waals surface area contributed by atoms with Crippen LogP contribution < -0.4 is 0 Å². The Morgan fingerprint density at radius 3 is 1.85 bits per heavy atom. The normalized spacial score (nSPS) is 9.85. The van der Waals surface area contributed by atoms with Gasteiger partial charge in [-0.25, -0.2) is 4.39 Å². The van der Waals surface area contributed by atoms with E-state index in [1.807, 2.05) is 54.6 Å². The van der Waals surface area contributed by atoms with E-state index in [0.717, 1.165) is 16.7 Å². The summed E-state index contributed by atoms with van der Waals surface area (Å²) in [7, 11) is 0. The second kappa shape index (κ2) is 6.61. The third-order valence-corrected chi connectivity index (χ3v) is 3.12. The molecular formula is C18H12FRe-. The van der Waals surface area contributed by atoms with Crippen molar-refractivity contribution >= 4 is 0 Å². The third-order valence-electron chi connectivity index (χ3n) is 3.12. The van der Waals surface area contributed by atoms with Crippen molar-refractivity contribution in [3.63, 3.8) is 0 Å². The number of hydrogen-bond acceptors (Lipinski definition) is 0. The van der Waals surface area contributed by atoms with E-state index in [1.54, 1.807) is 12.1 Å². The van der Waals surface area contributed by atoms with Crippen LogP contribution in [0.5, 0.6) is 0 Å². The van der Waals surface area contributed by atoms with Gasteiger partial charge in [-0.2, -0.15) is 30.3 Å². The monoisotopic (exact) mass is 434 g/mol. The molecule has 0 aliphatic rings. The van der Waals surface area contributed by atoms with Crippen LogP contribution in [0, 0.1) is 11.9 Å². The van der Waals surface area contributed by atoms with Crippen molar-refractivity contribution in [1.29, 1.82) is 0 Å². The maximum Gasteiger partial charge on any atom is 0.131 e. The van der Waals surface area contributed by atoms with Crippen LogP contribution in [-0.2, 0) is 20.4 Å². The molecule has 0 amide bonds. The van der Waals surface area contributed by atoms with Gasteiger partial charge in [0.05, 0.1) is 0 Å². The minimum atomic E-state index is -0.190. The Morgan fingerprint density at radius 2 is 1.20 bits per heavy atom. The van der Waals surface area contributed by atoms with Gasteiger partial charge in [0.2, 0.25) is 0 Å². The van der Waals surface area contributed by atoms with Gasteiger partial charge in [-0.1, -0.05) is 42.5 Å². The molecule has 0 fully saturated rings. The molecule has 0 nitrogen and oxygen atoms in total. The Morgan fingerprint density at radius 1 is 0.650 bits per heavy atom. The first-order valence-corrected chi connectivity index (χ1v) is 6.16. The number of rotatable bonds is 2. The van der Waals surface area contributed by atoms with Crippen LogP contribution >= 0.6 is 0 Å². The van der Waals surface area contributed by atoms with Gasteiger partial charge in [-0.05, 0) is 17.2 Å². The summed E-state index contributed by atoms with van der Waals surface area (Å²) in [6.07, 6.45) is 0. The molecule has 0 spiro atoms. The maximum atomic E-state index is 13.7. The summed E-state index contributed by atoms with van der Waals surface area (Å²) >= 11 is 0. The summed E-state index contributed by atoms with van der Waals surface area (Å²) in [5, 5.41) is 0. The van der Waals surface area contributed by atoms with Crippen LogP contribution in [0.2, 0.25) is 0 Å². The Labute approximate surface area is 131 Å². The molecule has 0 unspecified atom stereocenters. The number of hydrogen-bond donors (Lipinski definition) is 0. The summed E-state index contributed by atoms with van der Waals surface area (Å²) in [5.74, 6) is -0.190. The predicted molar refractivity (Wildman–Crippen MR) is 76.1 cm³/mol. The van der Waals surface area contributed by atoms with Crippen molar-refractivity contribution in [3.8, 4) is 22.3 Å². The zero-order valence-electron chi connectivity index (χ0n) is 10.7. The van der Waals surface area contributed by atoms with Crippen molar-refractivity contribution in [2.45, 2.75) is 0 Å². The molecule has 1 radical (unpaired) electrons. The molecule has 0 saturated heterocycles. The smallest absolute Gasteiger partial charge is 0.131 e. The van der Waals surface area contributed by atoms with Crippen LogP contribution in [0.3, 0.4) is 0 Å². The molecule has 20 heavy (non-hydrogen) atoms. The molecule has 3 aromatic rings. The average molecular weight is 433 g/mol. The minimum Gasteiger partial charge on any atom is -0.206 e. The molecule has 0 atom stereocenters. The molecule has 3 aromatic carbocycles. The predicted octanol–water partition coefficient (Wildman–Crippen LogP) is 4.96. The van der Waals surface area contributed by atoms with Gasteiger partial charge in [-0.3, -0.25) is 0 Å². The van der Waals surface area contributed by atoms with Gasteiger partial charge in [-0.15, -0.1) is 5.56 Å². The van der Waals surface area contributed by atoms with E-state index in [0.29, 0.717) is 5.56 Å². The van der Waals surface area contributed by atoms with Crippen molar-refractivity contribution in [2.75, 3.05) is 0 Å². The quantitative estimate of drug-likeness (QED) is 0.502. The van der Waals surface area contributed by atoms with E-state index < -0.39 is 0 Å². The van der Waals surface area contributed by atoms with Gasteiger partial charge in [0.25, 0.3) is 0 Å². The molecule has 0 aliphatic heterocycles. The van der Waals surface area contributed by atoms with E-state index in [2.05, 4.69) is 6.07 Å². The second-order valence-corrected chi connectivity index (χ2v) is 4.35. The third kappa shape index (κ3) is 3.04. The van der Waals surface area contributed by atoms with Crippen molar-refractivity contribution < 1.29 is 24.8 Å². The van der Waals surface area contributed by atoms with Crippen LogP contribution in [0.4, 0.5) is 4.39 Å². The maximum absolute atomic E-state index is 13.7. The van der Waals surface area contributed by atoms with Crippen molar-refractivity contribution in [3.05, 3.63) is 84.7 Å². The van der Waals surface area contributed by atoms with Crippen LogP contribution in [0.15, 0.2) is 72.8 Å². The van der Waals surface area contributed by atoms with Gasteiger partial charge < -0.3 is 0 Å². The van der Waals surface area contributed by atoms with E-state index in [-0.39, 0.29) is 26.2 Å². The van der Waals surface area contributed by atoms with Crippen molar-refractivity contribution in [2.24, 2.45) is 0 Å². The first kappa shape index (κ1) is 14.7. The standard InChI is InChI=1S/C18H12F.Re/c19-18-9-5-4-8-17(18)16-12-10-15(11-13-16)14-6-2-1-3-7-14;/h2-13H;/q-1;. The van der Waals surface area contributed by atoms with Crippen LogP contribution in [-0.4, -0.2) is 0 Å². The van der Waals surface area contributed by atoms with Crippen molar-refractivity contribution in [1.82, 2.24) is 0 Å². The summed E-state index contributed by atoms with van der Waals surface area (Å²) in [6, 6.07) is 25.5. The van der Waals surface area contributed by atoms with E-state index in [1.165, 1.54) is 6.07 Å². The number of benzene rings is 3. The largest absolute Gasteiger partial charge is 0.206 e. The topological polar surface area (TPSA) is 0 Å². The molecule has 0 aliphatic carbocycles.